The summed E-state index contributed by atoms with van der Waals surface area (Å²) >= 11 is 0. The van der Waals surface area contributed by atoms with Crippen LogP contribution in [0.1, 0.15) is 54.4 Å². The van der Waals surface area contributed by atoms with E-state index in [4.69, 9.17) is 4.74 Å². The van der Waals surface area contributed by atoms with Crippen molar-refractivity contribution < 1.29 is 32.3 Å². The molecule has 0 unspecified atom stereocenters. The van der Waals surface area contributed by atoms with Crippen LogP contribution >= 0.6 is 0 Å². The van der Waals surface area contributed by atoms with Gasteiger partial charge in [-0.25, -0.2) is 8.42 Å². The topological polar surface area (TPSA) is 131 Å². The number of benzene rings is 3. The van der Waals surface area contributed by atoms with E-state index in [1.807, 2.05) is 75.6 Å². The molecule has 0 spiro atoms. The van der Waals surface area contributed by atoms with Crippen LogP contribution in [0, 0.1) is 13.8 Å². The molecule has 0 saturated carbocycles. The molecule has 0 saturated heterocycles. The number of anilines is 1. The molecule has 51 heavy (non-hydrogen) atoms. The number of rotatable bonds is 16. The fourth-order valence-corrected chi connectivity index (χ4v) is 7.71. The number of aliphatic carboxylic acids is 1. The first-order chi connectivity index (χ1) is 24.2. The number of carbonyl (C=O) groups excluding carboxylic acids is 1. The maximum atomic E-state index is 13.4. The van der Waals surface area contributed by atoms with Gasteiger partial charge in [0.2, 0.25) is 15.9 Å². The van der Waals surface area contributed by atoms with Gasteiger partial charge < -0.3 is 19.2 Å². The summed E-state index contributed by atoms with van der Waals surface area (Å²) in [7, 11) is 1.94. The monoisotopic (exact) mass is 716 g/mol. The Kier molecular flexibility index (Phi) is 12.0. The smallest absolute Gasteiger partial charge is 0.321 e. The molecule has 272 valence electrons. The number of fused-ring (bicyclic) bond motifs is 1. The highest BCUT2D eigenvalue weighted by Crippen LogP contribution is 2.36. The first kappa shape index (κ1) is 37.7. The number of carbonyl (C=O) groups is 2. The second-order valence-corrected chi connectivity index (χ2v) is 16.1. The Balaban J connectivity index is 1.23. The van der Waals surface area contributed by atoms with Crippen molar-refractivity contribution in [2.24, 2.45) is 0 Å². The lowest BCUT2D eigenvalue weighted by atomic mass is 9.93. The Morgan fingerprint density at radius 1 is 1.04 bits per heavy atom. The van der Waals surface area contributed by atoms with Crippen molar-refractivity contribution in [2.75, 3.05) is 45.7 Å². The van der Waals surface area contributed by atoms with Crippen molar-refractivity contribution in [3.05, 3.63) is 95.3 Å². The summed E-state index contributed by atoms with van der Waals surface area (Å²) in [5, 5.41) is 14.3. The van der Waals surface area contributed by atoms with Gasteiger partial charge in [-0.3, -0.25) is 14.3 Å². The maximum Gasteiger partial charge on any atom is 0.321 e. The third kappa shape index (κ3) is 9.84. The van der Waals surface area contributed by atoms with Crippen LogP contribution in [0.3, 0.4) is 0 Å². The van der Waals surface area contributed by atoms with E-state index >= 15 is 0 Å². The highest BCUT2D eigenvalue weighted by Gasteiger charge is 2.27. The summed E-state index contributed by atoms with van der Waals surface area (Å²) in [6, 6.07) is 17.3. The molecule has 2 N–H and O–H groups in total. The highest BCUT2D eigenvalue weighted by molar-refractivity contribution is 7.89. The van der Waals surface area contributed by atoms with Gasteiger partial charge in [0.1, 0.15) is 11.8 Å². The van der Waals surface area contributed by atoms with Crippen molar-refractivity contribution in [2.45, 2.75) is 69.9 Å². The lowest BCUT2D eigenvalue weighted by Gasteiger charge is -2.31. The molecule has 1 atom stereocenters. The van der Waals surface area contributed by atoms with E-state index in [0.717, 1.165) is 53.1 Å². The minimum absolute atomic E-state index is 0.00367. The molecule has 1 aromatic heterocycles. The summed E-state index contributed by atoms with van der Waals surface area (Å²) in [6.07, 6.45) is 7.19. The molecule has 1 aliphatic heterocycles. The predicted molar refractivity (Wildman–Crippen MR) is 198 cm³/mol. The molecule has 0 radical (unpaired) electrons. The van der Waals surface area contributed by atoms with E-state index in [9.17, 15) is 23.1 Å². The minimum atomic E-state index is -4.07. The number of hydrogen-bond donors (Lipinski definition) is 2. The molecule has 4 aromatic rings. The second-order valence-electron chi connectivity index (χ2n) is 14.3. The molecule has 2 heterocycles. The van der Waals surface area contributed by atoms with E-state index in [-0.39, 0.29) is 17.2 Å². The molecule has 3 aromatic carbocycles. The largest absolute Gasteiger partial charge is 0.493 e. The molecule has 12 heteroatoms. The fourth-order valence-electron chi connectivity index (χ4n) is 6.42. The van der Waals surface area contributed by atoms with Gasteiger partial charge in [-0.2, -0.15) is 9.82 Å². The first-order valence-electron chi connectivity index (χ1n) is 17.5. The van der Waals surface area contributed by atoms with Crippen LogP contribution in [0.5, 0.6) is 5.75 Å². The van der Waals surface area contributed by atoms with Gasteiger partial charge in [-0.1, -0.05) is 36.4 Å². The molecule has 5 rings (SSSR count). The van der Waals surface area contributed by atoms with Crippen molar-refractivity contribution in [3.63, 3.8) is 0 Å². The number of aryl methyl sites for hydroxylation is 1. The van der Waals surface area contributed by atoms with Crippen molar-refractivity contribution in [3.8, 4) is 16.9 Å². The number of carboxylic acid groups (broad SMARTS) is 1. The van der Waals surface area contributed by atoms with Gasteiger partial charge >= 0.3 is 5.97 Å². The van der Waals surface area contributed by atoms with Crippen LogP contribution in [-0.4, -0.2) is 86.5 Å². The summed E-state index contributed by atoms with van der Waals surface area (Å²) in [6.45, 7) is 6.28. The maximum absolute atomic E-state index is 13.4. The summed E-state index contributed by atoms with van der Waals surface area (Å²) < 4.78 is 37.2. The van der Waals surface area contributed by atoms with Gasteiger partial charge in [-0.15, -0.1) is 0 Å². The summed E-state index contributed by atoms with van der Waals surface area (Å²) in [5.74, 6) is -0.262. The van der Waals surface area contributed by atoms with Crippen molar-refractivity contribution >= 4 is 27.6 Å². The number of nitrogens with one attached hydrogen (secondary N) is 1. The third-order valence-electron chi connectivity index (χ3n) is 9.31. The molecule has 11 nitrogen and oxygen atoms in total. The zero-order valence-electron chi connectivity index (χ0n) is 30.3. The number of aromatic nitrogens is 2. The van der Waals surface area contributed by atoms with Crippen molar-refractivity contribution in [1.29, 1.82) is 0 Å². The Labute approximate surface area is 301 Å². The second kappa shape index (κ2) is 16.2. The normalized spacial score (nSPS) is 13.9. The average Bonchev–Trinajstić information content (AvgIpc) is 3.55. The summed E-state index contributed by atoms with van der Waals surface area (Å²) in [5.41, 5.74) is 6.96. The van der Waals surface area contributed by atoms with Crippen LogP contribution in [-0.2, 0) is 32.6 Å². The Morgan fingerprint density at radius 2 is 1.80 bits per heavy atom. The molecular weight excluding hydrogens is 667 g/mol. The molecule has 1 aliphatic rings. The van der Waals surface area contributed by atoms with E-state index < -0.39 is 22.0 Å². The molecule has 0 bridgehead atoms. The molecular formula is C39H50N5O6S+. The standard InChI is InChI=1S/C39H49N5O6S/c1-28-12-6-19-37(29(28)2)50-23-11-20-38(45)43-21-9-16-34-33(15-8-18-36(34)43)31-25-40-42(27-31)26-30-13-7-14-32(24-30)51(48,49)41-35(39(46)47)17-10-22-44(3,4)5/h6-8,12-15,18-19,24-25,27,35,41H,9-11,16-17,20-23,26H2,1-5H3/p+1/t35-/m0/s1. The van der Waals surface area contributed by atoms with Gasteiger partial charge in [0, 0.05) is 30.4 Å². The van der Waals surface area contributed by atoms with Gasteiger partial charge in [0.25, 0.3) is 0 Å². The molecule has 1 amide bonds. The molecule has 0 fully saturated rings. The predicted octanol–water partition coefficient (Wildman–Crippen LogP) is 5.57. The SMILES string of the molecule is Cc1cccc(OCCCC(=O)N2CCCc3c(-c4cnn(Cc5cccc(S(=O)(=O)N[C@@H](CCC[N+](C)(C)C)C(=O)O)c5)c4)cccc32)c1C. The third-order valence-corrected chi connectivity index (χ3v) is 10.8. The lowest BCUT2D eigenvalue weighted by molar-refractivity contribution is -0.870. The van der Waals surface area contributed by atoms with E-state index in [0.29, 0.717) is 49.0 Å². The van der Waals surface area contributed by atoms with E-state index in [1.54, 1.807) is 23.0 Å². The number of nitrogens with zero attached hydrogens (tertiary/aromatic N) is 4. The number of ether oxygens (including phenoxy) is 1. The first-order valence-corrected chi connectivity index (χ1v) is 19.0. The van der Waals surface area contributed by atoms with Gasteiger partial charge in [-0.05, 0) is 98.0 Å². The van der Waals surface area contributed by atoms with Gasteiger partial charge in [0.15, 0.2) is 0 Å². The van der Waals surface area contributed by atoms with Crippen LogP contribution in [0.15, 0.2) is 78.0 Å². The Morgan fingerprint density at radius 3 is 2.57 bits per heavy atom. The zero-order valence-corrected chi connectivity index (χ0v) is 31.1. The van der Waals surface area contributed by atoms with Crippen LogP contribution < -0.4 is 14.4 Å². The number of hydrogen-bond acceptors (Lipinski definition) is 6. The molecule has 0 aliphatic carbocycles. The fraction of sp³-hybridized carbons (Fsp3) is 0.410. The van der Waals surface area contributed by atoms with Gasteiger partial charge in [0.05, 0.1) is 51.9 Å². The minimum Gasteiger partial charge on any atom is -0.493 e. The van der Waals surface area contributed by atoms with Crippen LogP contribution in [0.25, 0.3) is 11.1 Å². The number of amides is 1. The number of quaternary nitrogens is 1. The average molecular weight is 717 g/mol. The number of sulfonamides is 1. The Bertz CT molecular complexity index is 1970. The lowest BCUT2D eigenvalue weighted by Crippen LogP contribution is -2.42. The highest BCUT2D eigenvalue weighted by atomic mass is 32.2. The Hall–Kier alpha value is -4.52. The quantitative estimate of drug-likeness (QED) is 0.115. The number of carboxylic acids is 1. The van der Waals surface area contributed by atoms with Crippen LogP contribution in [0.2, 0.25) is 0 Å². The zero-order chi connectivity index (χ0) is 36.8. The van der Waals surface area contributed by atoms with E-state index in [1.165, 1.54) is 11.6 Å². The van der Waals surface area contributed by atoms with E-state index in [2.05, 4.69) is 22.8 Å². The summed E-state index contributed by atoms with van der Waals surface area (Å²) in [4.78, 5) is 27.2. The van der Waals surface area contributed by atoms with Crippen molar-refractivity contribution in [1.82, 2.24) is 14.5 Å². The van der Waals surface area contributed by atoms with Crippen LogP contribution in [0.4, 0.5) is 5.69 Å².